The van der Waals surface area contributed by atoms with Gasteiger partial charge in [0, 0.05) is 0 Å². The van der Waals surface area contributed by atoms with Gasteiger partial charge in [-0.1, -0.05) is 37.5 Å². The quantitative estimate of drug-likeness (QED) is 0.826. The lowest BCUT2D eigenvalue weighted by Gasteiger charge is -2.58. The molecule has 2 aromatic carbocycles. The maximum atomic E-state index is 13.3. The van der Waals surface area contributed by atoms with Crippen molar-refractivity contribution in [2.75, 3.05) is 11.7 Å². The van der Waals surface area contributed by atoms with Gasteiger partial charge in [-0.3, -0.25) is 9.69 Å². The number of β-lactam (4-membered cyclic amide) rings is 1. The number of nitrogens with zero attached hydrogens (tertiary/aromatic N) is 1. The summed E-state index contributed by atoms with van der Waals surface area (Å²) in [6, 6.07) is 12.9. The number of phenols is 1. The standard InChI is InChI=1S/C21H21NO4/c23-16-7-3-2-6-15(16)22-19(21(20(22)24)10-4-1-5-11-21)14-8-9-17-18(12-14)26-13-25-17/h2-3,6-9,12,19,23H,1,4-5,10-11,13H2. The van der Waals surface area contributed by atoms with Crippen molar-refractivity contribution >= 4 is 11.6 Å². The molecule has 1 N–H and O–H groups in total. The van der Waals surface area contributed by atoms with Crippen LogP contribution in [0.3, 0.4) is 0 Å². The van der Waals surface area contributed by atoms with Gasteiger partial charge in [-0.25, -0.2) is 0 Å². The highest BCUT2D eigenvalue weighted by Crippen LogP contribution is 2.60. The second-order valence-corrected chi connectivity index (χ2v) is 7.40. The lowest BCUT2D eigenvalue weighted by atomic mass is 9.60. The van der Waals surface area contributed by atoms with Crippen molar-refractivity contribution in [1.82, 2.24) is 0 Å². The van der Waals surface area contributed by atoms with E-state index in [4.69, 9.17) is 9.47 Å². The van der Waals surface area contributed by atoms with E-state index in [-0.39, 0.29) is 29.9 Å². The molecule has 2 aliphatic heterocycles. The maximum absolute atomic E-state index is 13.3. The van der Waals surface area contributed by atoms with Gasteiger partial charge in [0.05, 0.1) is 17.1 Å². The van der Waals surface area contributed by atoms with E-state index >= 15 is 0 Å². The molecular formula is C21H21NO4. The highest BCUT2D eigenvalue weighted by atomic mass is 16.7. The van der Waals surface area contributed by atoms with Gasteiger partial charge >= 0.3 is 0 Å². The monoisotopic (exact) mass is 351 g/mol. The third kappa shape index (κ3) is 2.06. The molecule has 0 bridgehead atoms. The fourth-order valence-corrected chi connectivity index (χ4v) is 4.79. The highest BCUT2D eigenvalue weighted by Gasteiger charge is 2.61. The molecule has 1 atom stereocenters. The summed E-state index contributed by atoms with van der Waals surface area (Å²) < 4.78 is 11.0. The van der Waals surface area contributed by atoms with E-state index in [1.807, 2.05) is 30.3 Å². The van der Waals surface area contributed by atoms with Crippen molar-refractivity contribution in [3.8, 4) is 17.2 Å². The molecule has 0 radical (unpaired) electrons. The maximum Gasteiger partial charge on any atom is 0.236 e. The molecule has 1 saturated carbocycles. The summed E-state index contributed by atoms with van der Waals surface area (Å²) in [7, 11) is 0. The molecule has 2 fully saturated rings. The number of para-hydroxylation sites is 2. The number of benzene rings is 2. The summed E-state index contributed by atoms with van der Waals surface area (Å²) in [6.07, 6.45) is 5.12. The molecule has 1 spiro atoms. The first-order chi connectivity index (χ1) is 12.7. The van der Waals surface area contributed by atoms with Crippen molar-refractivity contribution in [1.29, 1.82) is 0 Å². The molecule has 5 heteroatoms. The molecule has 1 aliphatic carbocycles. The van der Waals surface area contributed by atoms with Gasteiger partial charge in [0.1, 0.15) is 5.75 Å². The Kier molecular flexibility index (Phi) is 3.39. The van der Waals surface area contributed by atoms with Crippen LogP contribution in [-0.4, -0.2) is 17.8 Å². The molecule has 3 aliphatic rings. The molecule has 2 heterocycles. The van der Waals surface area contributed by atoms with Gasteiger partial charge < -0.3 is 14.6 Å². The second-order valence-electron chi connectivity index (χ2n) is 7.40. The minimum absolute atomic E-state index is 0.0851. The van der Waals surface area contributed by atoms with Crippen LogP contribution in [0, 0.1) is 5.41 Å². The Hall–Kier alpha value is -2.69. The van der Waals surface area contributed by atoms with Gasteiger partial charge in [0.2, 0.25) is 12.7 Å². The number of hydrogen-bond acceptors (Lipinski definition) is 4. The number of rotatable bonds is 2. The minimum atomic E-state index is -0.367. The number of anilines is 1. The van der Waals surface area contributed by atoms with E-state index in [0.29, 0.717) is 5.69 Å². The summed E-state index contributed by atoms with van der Waals surface area (Å²) in [5.74, 6) is 1.73. The third-order valence-corrected chi connectivity index (χ3v) is 6.03. The van der Waals surface area contributed by atoms with Gasteiger partial charge in [-0.15, -0.1) is 0 Å². The van der Waals surface area contributed by atoms with Crippen LogP contribution in [0.2, 0.25) is 0 Å². The molecule has 2 aromatic rings. The van der Waals surface area contributed by atoms with Crippen LogP contribution in [0.25, 0.3) is 0 Å². The first-order valence-corrected chi connectivity index (χ1v) is 9.22. The van der Waals surface area contributed by atoms with Crippen LogP contribution in [0.15, 0.2) is 42.5 Å². The van der Waals surface area contributed by atoms with Crippen molar-refractivity contribution < 1.29 is 19.4 Å². The number of carbonyl (C=O) groups excluding carboxylic acids is 1. The number of hydrogen-bond donors (Lipinski definition) is 1. The second kappa shape index (κ2) is 5.66. The number of ether oxygens (including phenoxy) is 2. The Bertz CT molecular complexity index is 872. The largest absolute Gasteiger partial charge is 0.506 e. The summed E-state index contributed by atoms with van der Waals surface area (Å²) >= 11 is 0. The zero-order valence-corrected chi connectivity index (χ0v) is 14.5. The van der Waals surface area contributed by atoms with Gasteiger partial charge in [0.25, 0.3) is 0 Å². The topological polar surface area (TPSA) is 59.0 Å². The fourth-order valence-electron chi connectivity index (χ4n) is 4.79. The van der Waals surface area contributed by atoms with E-state index in [9.17, 15) is 9.90 Å². The zero-order chi connectivity index (χ0) is 17.7. The SMILES string of the molecule is O=C1N(c2ccccc2O)C(c2ccc3c(c2)OCO3)C12CCCCC2. The molecule has 1 unspecified atom stereocenters. The van der Waals surface area contributed by atoms with Crippen LogP contribution < -0.4 is 14.4 Å². The van der Waals surface area contributed by atoms with Crippen molar-refractivity contribution in [3.05, 3.63) is 48.0 Å². The van der Waals surface area contributed by atoms with Gasteiger partial charge in [-0.05, 0) is 42.7 Å². The summed E-state index contributed by atoms with van der Waals surface area (Å²) in [5.41, 5.74) is 1.25. The first kappa shape index (κ1) is 15.6. The Balaban J connectivity index is 1.61. The Morgan fingerprint density at radius 3 is 2.58 bits per heavy atom. The summed E-state index contributed by atoms with van der Waals surface area (Å²) in [6.45, 7) is 0.233. The molecule has 1 saturated heterocycles. The highest BCUT2D eigenvalue weighted by molar-refractivity contribution is 6.07. The van der Waals surface area contributed by atoms with Crippen molar-refractivity contribution in [3.63, 3.8) is 0 Å². The molecule has 5 nitrogen and oxygen atoms in total. The molecule has 5 rings (SSSR count). The molecule has 134 valence electrons. The Morgan fingerprint density at radius 2 is 1.77 bits per heavy atom. The van der Waals surface area contributed by atoms with E-state index in [1.54, 1.807) is 17.0 Å². The average molecular weight is 351 g/mol. The van der Waals surface area contributed by atoms with Crippen LogP contribution in [-0.2, 0) is 4.79 Å². The first-order valence-electron chi connectivity index (χ1n) is 9.22. The van der Waals surface area contributed by atoms with Crippen LogP contribution in [0.1, 0.15) is 43.7 Å². The fraction of sp³-hybridized carbons (Fsp3) is 0.381. The van der Waals surface area contributed by atoms with E-state index in [1.165, 1.54) is 6.42 Å². The molecule has 0 aromatic heterocycles. The number of carbonyl (C=O) groups is 1. The zero-order valence-electron chi connectivity index (χ0n) is 14.5. The van der Waals surface area contributed by atoms with Crippen molar-refractivity contribution in [2.24, 2.45) is 5.41 Å². The van der Waals surface area contributed by atoms with E-state index in [0.717, 1.165) is 42.7 Å². The lowest BCUT2D eigenvalue weighted by molar-refractivity contribution is -0.143. The normalized spacial score (nSPS) is 23.2. The Morgan fingerprint density at radius 1 is 1.00 bits per heavy atom. The predicted octanol–water partition coefficient (Wildman–Crippen LogP) is 4.16. The summed E-state index contributed by atoms with van der Waals surface area (Å²) in [4.78, 5) is 15.0. The van der Waals surface area contributed by atoms with E-state index < -0.39 is 0 Å². The van der Waals surface area contributed by atoms with Crippen LogP contribution in [0.5, 0.6) is 17.2 Å². The predicted molar refractivity (Wildman–Crippen MR) is 96.4 cm³/mol. The van der Waals surface area contributed by atoms with Crippen LogP contribution in [0.4, 0.5) is 5.69 Å². The molecular weight excluding hydrogens is 330 g/mol. The average Bonchev–Trinajstić information content (AvgIpc) is 3.15. The van der Waals surface area contributed by atoms with E-state index in [2.05, 4.69) is 0 Å². The Labute approximate surface area is 152 Å². The lowest BCUT2D eigenvalue weighted by Crippen LogP contribution is -2.64. The third-order valence-electron chi connectivity index (χ3n) is 6.03. The van der Waals surface area contributed by atoms with Gasteiger partial charge in [-0.2, -0.15) is 0 Å². The van der Waals surface area contributed by atoms with Gasteiger partial charge in [0.15, 0.2) is 11.5 Å². The summed E-state index contributed by atoms with van der Waals surface area (Å²) in [5, 5.41) is 10.3. The smallest absolute Gasteiger partial charge is 0.236 e. The number of amides is 1. The number of phenolic OH excluding ortho intramolecular Hbond substituents is 1. The van der Waals surface area contributed by atoms with Crippen LogP contribution >= 0.6 is 0 Å². The van der Waals surface area contributed by atoms with Crippen molar-refractivity contribution in [2.45, 2.75) is 38.1 Å². The molecule has 1 amide bonds. The minimum Gasteiger partial charge on any atom is -0.506 e. The number of fused-ring (bicyclic) bond motifs is 1. The number of aromatic hydroxyl groups is 1. The molecule has 26 heavy (non-hydrogen) atoms.